The Morgan fingerprint density at radius 3 is 2.22 bits per heavy atom. The molecule has 6 nitrogen and oxygen atoms in total. The van der Waals surface area contributed by atoms with E-state index in [9.17, 15) is 9.59 Å². The first-order valence-corrected chi connectivity index (χ1v) is 13.8. The number of carbonyl (C=O) groups is 2. The molecule has 2 aromatic rings. The monoisotopic (exact) mass is 489 g/mol. The second-order valence-corrected chi connectivity index (χ2v) is 10.8. The van der Waals surface area contributed by atoms with Crippen molar-refractivity contribution < 1.29 is 14.7 Å². The highest BCUT2D eigenvalue weighted by atomic mass is 16.4. The number of aliphatic carboxylic acids is 1. The normalized spacial score (nSPS) is 20.3. The molecule has 2 saturated heterocycles. The van der Waals surface area contributed by atoms with Crippen LogP contribution in [0.15, 0.2) is 48.5 Å². The van der Waals surface area contributed by atoms with E-state index < -0.39 is 5.97 Å². The summed E-state index contributed by atoms with van der Waals surface area (Å²) in [6.45, 7) is 4.05. The van der Waals surface area contributed by atoms with Crippen molar-refractivity contribution in [3.8, 4) is 0 Å². The van der Waals surface area contributed by atoms with Gasteiger partial charge < -0.3 is 10.0 Å². The molecule has 0 bridgehead atoms. The number of likely N-dealkylation sites (tertiary alicyclic amines) is 1. The minimum absolute atomic E-state index is 0.0669. The first-order valence-electron chi connectivity index (χ1n) is 13.8. The molecule has 192 valence electrons. The molecule has 1 aliphatic carbocycles. The van der Waals surface area contributed by atoms with Gasteiger partial charge in [-0.2, -0.15) is 0 Å². The summed E-state index contributed by atoms with van der Waals surface area (Å²) in [7, 11) is 0. The molecule has 1 saturated carbocycles. The topological polar surface area (TPSA) is 64.1 Å². The van der Waals surface area contributed by atoms with Gasteiger partial charge in [0.1, 0.15) is 0 Å². The third kappa shape index (κ3) is 5.92. The second-order valence-electron chi connectivity index (χ2n) is 10.8. The summed E-state index contributed by atoms with van der Waals surface area (Å²) in [5.41, 5.74) is 4.69. The van der Waals surface area contributed by atoms with E-state index >= 15 is 0 Å². The SMILES string of the molecule is O=C(O)CCN1CCC(Cc2ccc(N3CCN(c4cccc(C5CCCCC5)c4)C3=O)cc2)CC1. The molecule has 3 fully saturated rings. The number of hydrogen-bond acceptors (Lipinski definition) is 3. The van der Waals surface area contributed by atoms with Crippen molar-refractivity contribution >= 4 is 23.4 Å². The maximum Gasteiger partial charge on any atom is 0.329 e. The summed E-state index contributed by atoms with van der Waals surface area (Å²) in [5, 5.41) is 8.89. The maximum absolute atomic E-state index is 13.3. The van der Waals surface area contributed by atoms with E-state index in [0.717, 1.165) is 50.3 Å². The van der Waals surface area contributed by atoms with Gasteiger partial charge in [-0.3, -0.25) is 14.6 Å². The van der Waals surface area contributed by atoms with Crippen LogP contribution in [-0.2, 0) is 11.2 Å². The predicted molar refractivity (Wildman–Crippen MR) is 144 cm³/mol. The van der Waals surface area contributed by atoms with Crippen molar-refractivity contribution in [2.45, 2.75) is 63.7 Å². The van der Waals surface area contributed by atoms with E-state index in [-0.39, 0.29) is 12.5 Å². The van der Waals surface area contributed by atoms with Crippen LogP contribution >= 0.6 is 0 Å². The highest BCUT2D eigenvalue weighted by molar-refractivity contribution is 6.06. The van der Waals surface area contributed by atoms with Gasteiger partial charge in [0.2, 0.25) is 0 Å². The Labute approximate surface area is 214 Å². The maximum atomic E-state index is 13.3. The largest absolute Gasteiger partial charge is 0.481 e. The number of anilines is 2. The fourth-order valence-corrected chi connectivity index (χ4v) is 6.21. The lowest BCUT2D eigenvalue weighted by Gasteiger charge is -2.31. The Bertz CT molecular complexity index is 1040. The Morgan fingerprint density at radius 1 is 0.833 bits per heavy atom. The van der Waals surface area contributed by atoms with Crippen molar-refractivity contribution in [2.24, 2.45) is 5.92 Å². The molecule has 2 heterocycles. The van der Waals surface area contributed by atoms with Crippen LogP contribution < -0.4 is 9.80 Å². The highest BCUT2D eigenvalue weighted by Gasteiger charge is 2.31. The molecule has 0 atom stereocenters. The van der Waals surface area contributed by atoms with Crippen LogP contribution in [0.1, 0.15) is 68.4 Å². The van der Waals surface area contributed by atoms with E-state index in [1.807, 2.05) is 9.80 Å². The van der Waals surface area contributed by atoms with Gasteiger partial charge >= 0.3 is 12.0 Å². The molecule has 0 unspecified atom stereocenters. The van der Waals surface area contributed by atoms with Crippen molar-refractivity contribution in [2.75, 3.05) is 42.5 Å². The van der Waals surface area contributed by atoms with Gasteiger partial charge in [-0.1, -0.05) is 43.5 Å². The molecule has 0 aromatic heterocycles. The quantitative estimate of drug-likeness (QED) is 0.501. The summed E-state index contributed by atoms with van der Waals surface area (Å²) in [6.07, 6.45) is 10.00. The van der Waals surface area contributed by atoms with Crippen LogP contribution in [-0.4, -0.2) is 54.7 Å². The van der Waals surface area contributed by atoms with E-state index in [1.54, 1.807) is 0 Å². The molecule has 0 radical (unpaired) electrons. The van der Waals surface area contributed by atoms with Crippen molar-refractivity contribution in [1.82, 2.24) is 4.90 Å². The Hall–Kier alpha value is -2.86. The predicted octanol–water partition coefficient (Wildman–Crippen LogP) is 5.91. The third-order valence-electron chi connectivity index (χ3n) is 8.39. The Morgan fingerprint density at radius 2 is 1.53 bits per heavy atom. The lowest BCUT2D eigenvalue weighted by Crippen LogP contribution is -2.35. The molecule has 0 spiro atoms. The van der Waals surface area contributed by atoms with Gasteiger partial charge in [0, 0.05) is 31.0 Å². The molecule has 3 aliphatic rings. The van der Waals surface area contributed by atoms with Crippen molar-refractivity contribution in [1.29, 1.82) is 0 Å². The number of rotatable bonds is 8. The summed E-state index contributed by atoms with van der Waals surface area (Å²) in [5.74, 6) is 0.555. The molecule has 36 heavy (non-hydrogen) atoms. The average molecular weight is 490 g/mol. The van der Waals surface area contributed by atoms with Gasteiger partial charge in [-0.25, -0.2) is 4.79 Å². The fourth-order valence-electron chi connectivity index (χ4n) is 6.21. The van der Waals surface area contributed by atoms with Crippen LogP contribution in [0.2, 0.25) is 0 Å². The van der Waals surface area contributed by atoms with Crippen LogP contribution in [0, 0.1) is 5.92 Å². The molecular weight excluding hydrogens is 450 g/mol. The van der Waals surface area contributed by atoms with Gasteiger partial charge in [-0.05, 0) is 92.4 Å². The lowest BCUT2D eigenvalue weighted by molar-refractivity contribution is -0.137. The van der Waals surface area contributed by atoms with E-state index in [1.165, 1.54) is 43.2 Å². The third-order valence-corrected chi connectivity index (χ3v) is 8.39. The van der Waals surface area contributed by atoms with Crippen LogP contribution in [0.25, 0.3) is 0 Å². The van der Waals surface area contributed by atoms with Crippen molar-refractivity contribution in [3.05, 3.63) is 59.7 Å². The molecule has 1 N–H and O–H groups in total. The van der Waals surface area contributed by atoms with E-state index in [4.69, 9.17) is 5.11 Å². The summed E-state index contributed by atoms with van der Waals surface area (Å²) < 4.78 is 0. The Kier molecular flexibility index (Phi) is 7.90. The highest BCUT2D eigenvalue weighted by Crippen LogP contribution is 2.35. The molecular formula is C30H39N3O3. The first-order chi connectivity index (χ1) is 17.6. The molecule has 5 rings (SSSR count). The Balaban J connectivity index is 1.16. The standard InChI is InChI=1S/C30H39N3O3/c34-29(35)15-18-31-16-13-24(14-17-31)21-23-9-11-27(12-10-23)32-19-20-33(30(32)36)28-8-4-7-26(22-28)25-5-2-1-3-6-25/h4,7-12,22,24-25H,1-3,5-6,13-21H2,(H,34,35). The number of carboxylic acid groups (broad SMARTS) is 1. The number of benzene rings is 2. The van der Waals surface area contributed by atoms with Crippen LogP contribution in [0.5, 0.6) is 0 Å². The number of hydrogen-bond donors (Lipinski definition) is 1. The summed E-state index contributed by atoms with van der Waals surface area (Å²) in [6, 6.07) is 17.3. The zero-order chi connectivity index (χ0) is 24.9. The van der Waals surface area contributed by atoms with Gasteiger partial charge in [0.15, 0.2) is 0 Å². The second kappa shape index (κ2) is 11.5. The van der Waals surface area contributed by atoms with E-state index in [0.29, 0.717) is 24.9 Å². The number of amides is 2. The molecule has 2 amide bonds. The number of piperidine rings is 1. The molecule has 2 aromatic carbocycles. The van der Waals surface area contributed by atoms with Crippen LogP contribution in [0.4, 0.5) is 16.2 Å². The average Bonchev–Trinajstić information content (AvgIpc) is 3.30. The first kappa shape index (κ1) is 24.8. The number of carboxylic acids is 1. The number of urea groups is 1. The van der Waals surface area contributed by atoms with Gasteiger partial charge in [-0.15, -0.1) is 0 Å². The van der Waals surface area contributed by atoms with Gasteiger partial charge in [0.05, 0.1) is 6.42 Å². The number of nitrogens with zero attached hydrogens (tertiary/aromatic N) is 3. The number of carbonyl (C=O) groups excluding carboxylic acids is 1. The van der Waals surface area contributed by atoms with Crippen LogP contribution in [0.3, 0.4) is 0 Å². The van der Waals surface area contributed by atoms with Crippen molar-refractivity contribution in [3.63, 3.8) is 0 Å². The minimum Gasteiger partial charge on any atom is -0.481 e. The minimum atomic E-state index is -0.718. The smallest absolute Gasteiger partial charge is 0.329 e. The van der Waals surface area contributed by atoms with E-state index in [2.05, 4.69) is 53.4 Å². The fraction of sp³-hybridized carbons (Fsp3) is 0.533. The molecule has 6 heteroatoms. The summed E-state index contributed by atoms with van der Waals surface area (Å²) in [4.78, 5) is 30.2. The van der Waals surface area contributed by atoms with Gasteiger partial charge in [0.25, 0.3) is 0 Å². The lowest BCUT2D eigenvalue weighted by atomic mass is 9.84. The molecule has 2 aliphatic heterocycles. The summed E-state index contributed by atoms with van der Waals surface area (Å²) >= 11 is 0. The zero-order valence-electron chi connectivity index (χ0n) is 21.3. The zero-order valence-corrected chi connectivity index (χ0v) is 21.3.